The van der Waals surface area contributed by atoms with Crippen molar-refractivity contribution >= 4 is 15.9 Å². The minimum absolute atomic E-state index is 0.345. The Morgan fingerprint density at radius 2 is 2.28 bits per heavy atom. The average Bonchev–Trinajstić information content (AvgIpc) is 2.38. The Bertz CT molecular complexity index is 493. The van der Waals surface area contributed by atoms with E-state index in [0.717, 1.165) is 17.3 Å². The number of nitrogens with zero attached hydrogens (tertiary/aromatic N) is 2. The molecule has 18 heavy (non-hydrogen) atoms. The molecule has 0 N–H and O–H groups in total. The summed E-state index contributed by atoms with van der Waals surface area (Å²) in [7, 11) is 0. The molecule has 3 nitrogen and oxygen atoms in total. The van der Waals surface area contributed by atoms with Crippen LogP contribution in [0.15, 0.2) is 28.9 Å². The van der Waals surface area contributed by atoms with Gasteiger partial charge in [0, 0.05) is 10.7 Å². The van der Waals surface area contributed by atoms with E-state index >= 15 is 0 Å². The average molecular weight is 307 g/mol. The lowest BCUT2D eigenvalue weighted by molar-refractivity contribution is 0.197. The fourth-order valence-electron chi connectivity index (χ4n) is 2.05. The van der Waals surface area contributed by atoms with E-state index in [0.29, 0.717) is 29.9 Å². The molecule has 2 rings (SSSR count). The number of aromatic nitrogens is 1. The van der Waals surface area contributed by atoms with Crippen molar-refractivity contribution in [2.45, 2.75) is 19.8 Å². The molecule has 0 amide bonds. The van der Waals surface area contributed by atoms with Crippen molar-refractivity contribution in [1.29, 1.82) is 5.26 Å². The molecule has 2 atom stereocenters. The van der Waals surface area contributed by atoms with Gasteiger partial charge in [0.15, 0.2) is 11.4 Å². The van der Waals surface area contributed by atoms with Gasteiger partial charge in [0.2, 0.25) is 0 Å². The Morgan fingerprint density at radius 3 is 3.00 bits per heavy atom. The Hall–Kier alpha value is -1.34. The summed E-state index contributed by atoms with van der Waals surface area (Å²) >= 11 is 3.34. The number of halogens is 1. The molecule has 1 aliphatic carbocycles. The zero-order chi connectivity index (χ0) is 13.0. The molecule has 1 aromatic heterocycles. The molecule has 94 valence electrons. The smallest absolute Gasteiger partial charge is 0.182 e. The van der Waals surface area contributed by atoms with E-state index in [-0.39, 0.29) is 0 Å². The highest BCUT2D eigenvalue weighted by Crippen LogP contribution is 2.27. The highest BCUT2D eigenvalue weighted by Gasteiger charge is 2.19. The van der Waals surface area contributed by atoms with Crippen LogP contribution in [-0.4, -0.2) is 11.6 Å². The lowest BCUT2D eigenvalue weighted by Gasteiger charge is -2.25. The zero-order valence-electron chi connectivity index (χ0n) is 10.3. The van der Waals surface area contributed by atoms with Gasteiger partial charge in [0.1, 0.15) is 6.07 Å². The summed E-state index contributed by atoms with van der Waals surface area (Å²) < 4.78 is 6.60. The lowest BCUT2D eigenvalue weighted by Crippen LogP contribution is -2.21. The van der Waals surface area contributed by atoms with Gasteiger partial charge in [-0.2, -0.15) is 5.26 Å². The van der Waals surface area contributed by atoms with Crippen LogP contribution < -0.4 is 4.74 Å². The molecule has 0 saturated heterocycles. The van der Waals surface area contributed by atoms with Crippen LogP contribution in [0, 0.1) is 23.2 Å². The van der Waals surface area contributed by atoms with Crippen molar-refractivity contribution in [3.05, 3.63) is 34.6 Å². The third kappa shape index (κ3) is 3.11. The first-order chi connectivity index (χ1) is 8.70. The van der Waals surface area contributed by atoms with Gasteiger partial charge in [0.25, 0.3) is 0 Å². The highest BCUT2D eigenvalue weighted by molar-refractivity contribution is 9.10. The normalized spacial score (nSPS) is 22.5. The molecule has 0 aliphatic heterocycles. The number of allylic oxidation sites excluding steroid dienone is 2. The molecule has 0 aromatic carbocycles. The Balaban J connectivity index is 2.04. The summed E-state index contributed by atoms with van der Waals surface area (Å²) in [6, 6.07) is 3.85. The fraction of sp³-hybridized carbons (Fsp3) is 0.429. The van der Waals surface area contributed by atoms with E-state index < -0.39 is 0 Å². The van der Waals surface area contributed by atoms with Crippen molar-refractivity contribution in [3.63, 3.8) is 0 Å². The van der Waals surface area contributed by atoms with Gasteiger partial charge in [-0.15, -0.1) is 0 Å². The summed E-state index contributed by atoms with van der Waals surface area (Å²) in [5.74, 6) is 1.70. The van der Waals surface area contributed by atoms with Crippen LogP contribution >= 0.6 is 15.9 Å². The van der Waals surface area contributed by atoms with Crippen LogP contribution in [0.5, 0.6) is 5.75 Å². The largest absolute Gasteiger partial charge is 0.490 e. The van der Waals surface area contributed by atoms with Crippen molar-refractivity contribution in [1.82, 2.24) is 4.98 Å². The maximum atomic E-state index is 8.98. The fourth-order valence-corrected chi connectivity index (χ4v) is 2.36. The molecule has 0 fully saturated rings. The number of hydrogen-bond acceptors (Lipinski definition) is 3. The van der Waals surface area contributed by atoms with Gasteiger partial charge in [-0.1, -0.05) is 19.1 Å². The van der Waals surface area contributed by atoms with Gasteiger partial charge >= 0.3 is 0 Å². The minimum atomic E-state index is 0.345. The molecule has 1 aliphatic rings. The maximum Gasteiger partial charge on any atom is 0.182 e. The van der Waals surface area contributed by atoms with E-state index in [1.165, 1.54) is 0 Å². The van der Waals surface area contributed by atoms with Crippen LogP contribution in [0.1, 0.15) is 25.5 Å². The highest BCUT2D eigenvalue weighted by atomic mass is 79.9. The number of hydrogen-bond donors (Lipinski definition) is 0. The zero-order valence-corrected chi connectivity index (χ0v) is 11.9. The summed E-state index contributed by atoms with van der Waals surface area (Å²) in [4.78, 5) is 4.03. The molecular formula is C14H15BrN2O. The van der Waals surface area contributed by atoms with Crippen LogP contribution in [0.4, 0.5) is 0 Å². The molecule has 0 radical (unpaired) electrons. The van der Waals surface area contributed by atoms with Crippen LogP contribution in [-0.2, 0) is 0 Å². The van der Waals surface area contributed by atoms with E-state index in [4.69, 9.17) is 10.00 Å². The molecular weight excluding hydrogens is 292 g/mol. The summed E-state index contributed by atoms with van der Waals surface area (Å²) in [6.07, 6.45) is 8.19. The van der Waals surface area contributed by atoms with Crippen LogP contribution in [0.2, 0.25) is 0 Å². The molecule has 1 heterocycles. The Kier molecular flexibility index (Phi) is 4.38. The first kappa shape index (κ1) is 13.1. The Morgan fingerprint density at radius 1 is 1.50 bits per heavy atom. The van der Waals surface area contributed by atoms with E-state index in [1.807, 2.05) is 0 Å². The van der Waals surface area contributed by atoms with E-state index in [1.54, 1.807) is 12.3 Å². The lowest BCUT2D eigenvalue weighted by atomic mass is 9.85. The molecule has 4 heteroatoms. The maximum absolute atomic E-state index is 8.98. The van der Waals surface area contributed by atoms with Gasteiger partial charge in [0.05, 0.1) is 6.61 Å². The second-order valence-electron chi connectivity index (χ2n) is 4.60. The van der Waals surface area contributed by atoms with Crippen molar-refractivity contribution < 1.29 is 4.74 Å². The number of ether oxygens (including phenoxy) is 1. The van der Waals surface area contributed by atoms with Gasteiger partial charge < -0.3 is 4.74 Å². The van der Waals surface area contributed by atoms with Gasteiger partial charge in [-0.3, -0.25) is 0 Å². The molecule has 2 unspecified atom stereocenters. The molecule has 0 bridgehead atoms. The van der Waals surface area contributed by atoms with E-state index in [9.17, 15) is 0 Å². The summed E-state index contributed by atoms with van der Waals surface area (Å²) in [6.45, 7) is 2.88. The predicted molar refractivity (Wildman–Crippen MR) is 73.2 cm³/mol. The van der Waals surface area contributed by atoms with E-state index in [2.05, 4.69) is 46.1 Å². The standard InChI is InChI=1S/C14H15BrN2O/c1-10-4-2-3-5-11(10)9-18-14-6-12(15)8-17-13(14)7-16/h2-3,6,8,10-11H,4-5,9H2,1H3. The monoisotopic (exact) mass is 306 g/mol. The molecule has 1 aromatic rings. The first-order valence-electron chi connectivity index (χ1n) is 6.04. The van der Waals surface area contributed by atoms with Crippen molar-refractivity contribution in [2.75, 3.05) is 6.61 Å². The first-order valence-corrected chi connectivity index (χ1v) is 6.83. The third-order valence-electron chi connectivity index (χ3n) is 3.30. The Labute approximate surface area is 116 Å². The predicted octanol–water partition coefficient (Wildman–Crippen LogP) is 3.70. The van der Waals surface area contributed by atoms with Crippen LogP contribution in [0.3, 0.4) is 0 Å². The number of pyridine rings is 1. The SMILES string of the molecule is CC1CC=CCC1COc1cc(Br)cnc1C#N. The van der Waals surface area contributed by atoms with Crippen molar-refractivity contribution in [3.8, 4) is 11.8 Å². The second-order valence-corrected chi connectivity index (χ2v) is 5.52. The molecule has 0 saturated carbocycles. The van der Waals surface area contributed by atoms with Crippen molar-refractivity contribution in [2.24, 2.45) is 11.8 Å². The minimum Gasteiger partial charge on any atom is -0.490 e. The second kappa shape index (κ2) is 6.01. The quantitative estimate of drug-likeness (QED) is 0.800. The number of nitriles is 1. The summed E-state index contributed by atoms with van der Waals surface area (Å²) in [5.41, 5.74) is 0.345. The van der Waals surface area contributed by atoms with Gasteiger partial charge in [-0.05, 0) is 46.7 Å². The van der Waals surface area contributed by atoms with Gasteiger partial charge in [-0.25, -0.2) is 4.98 Å². The topological polar surface area (TPSA) is 45.9 Å². The van der Waals surface area contributed by atoms with Crippen LogP contribution in [0.25, 0.3) is 0 Å². The third-order valence-corrected chi connectivity index (χ3v) is 3.73. The summed E-state index contributed by atoms with van der Waals surface area (Å²) in [5, 5.41) is 8.98. The molecule has 0 spiro atoms. The number of rotatable bonds is 3.